The highest BCUT2D eigenvalue weighted by Crippen LogP contribution is 2.29. The molecular weight excluding hydrogens is 380 g/mol. The number of rotatable bonds is 7. The number of aliphatic imine (C=N–C) groups is 1. The molecule has 4 rings (SSSR count). The molecule has 0 unspecified atom stereocenters. The molecule has 1 amide bonds. The molecule has 4 aromatic rings. The predicted octanol–water partition coefficient (Wildman–Crippen LogP) is 3.95. The van der Waals surface area contributed by atoms with E-state index in [-0.39, 0.29) is 11.4 Å². The van der Waals surface area contributed by atoms with Gasteiger partial charge in [-0.15, -0.1) is 0 Å². The number of ether oxygens (including phenoxy) is 1. The van der Waals surface area contributed by atoms with E-state index in [4.69, 9.17) is 10.5 Å². The van der Waals surface area contributed by atoms with Gasteiger partial charge < -0.3 is 15.8 Å². The molecule has 0 saturated carbocycles. The zero-order valence-corrected chi connectivity index (χ0v) is 16.3. The molecule has 150 valence electrons. The van der Waals surface area contributed by atoms with Crippen LogP contribution in [0.3, 0.4) is 0 Å². The Hall–Kier alpha value is -4.20. The summed E-state index contributed by atoms with van der Waals surface area (Å²) in [6.07, 6.45) is 4.92. The van der Waals surface area contributed by atoms with E-state index in [0.29, 0.717) is 23.9 Å². The van der Waals surface area contributed by atoms with Crippen LogP contribution < -0.4 is 15.8 Å². The van der Waals surface area contributed by atoms with E-state index >= 15 is 0 Å². The van der Waals surface area contributed by atoms with Crippen LogP contribution in [0.25, 0.3) is 10.8 Å². The molecule has 4 N–H and O–H groups in total. The van der Waals surface area contributed by atoms with Gasteiger partial charge in [0, 0.05) is 18.0 Å². The number of aromatic amines is 1. The monoisotopic (exact) mass is 400 g/mol. The van der Waals surface area contributed by atoms with Gasteiger partial charge in [-0.1, -0.05) is 30.3 Å². The summed E-state index contributed by atoms with van der Waals surface area (Å²) in [5.74, 6) is 0.588. The van der Waals surface area contributed by atoms with Gasteiger partial charge in [0.05, 0.1) is 18.5 Å². The fourth-order valence-corrected chi connectivity index (χ4v) is 3.15. The van der Waals surface area contributed by atoms with E-state index in [2.05, 4.69) is 25.5 Å². The molecule has 2 heterocycles. The number of nitrogens with zero attached hydrogens (tertiary/aromatic N) is 3. The number of anilines is 2. The fraction of sp³-hybridized carbons (Fsp3) is 0.0909. The van der Waals surface area contributed by atoms with Gasteiger partial charge >= 0.3 is 0 Å². The molecule has 2 aromatic carbocycles. The molecule has 0 aliphatic rings. The van der Waals surface area contributed by atoms with E-state index in [1.54, 1.807) is 24.7 Å². The predicted molar refractivity (Wildman–Crippen MR) is 117 cm³/mol. The van der Waals surface area contributed by atoms with Gasteiger partial charge in [0.25, 0.3) is 5.91 Å². The Kier molecular flexibility index (Phi) is 5.38. The first-order chi connectivity index (χ1) is 14.7. The van der Waals surface area contributed by atoms with Crippen LogP contribution in [0, 0.1) is 0 Å². The molecule has 8 nitrogen and oxygen atoms in total. The third-order valence-electron chi connectivity index (χ3n) is 4.47. The first kappa shape index (κ1) is 19.1. The van der Waals surface area contributed by atoms with Crippen LogP contribution in [0.15, 0.2) is 65.9 Å². The second-order valence-corrected chi connectivity index (χ2v) is 6.42. The number of benzene rings is 2. The van der Waals surface area contributed by atoms with Gasteiger partial charge in [-0.25, -0.2) is 4.99 Å². The number of hydrogen-bond acceptors (Lipinski definition) is 6. The number of nitrogens with two attached hydrogens (primary N) is 1. The maximum absolute atomic E-state index is 12.1. The number of H-pyrrole nitrogens is 1. The first-order valence-electron chi connectivity index (χ1n) is 9.41. The normalized spacial score (nSPS) is 11.1. The minimum absolute atomic E-state index is 0.160. The molecule has 30 heavy (non-hydrogen) atoms. The van der Waals surface area contributed by atoms with Crippen molar-refractivity contribution < 1.29 is 9.53 Å². The second kappa shape index (κ2) is 8.44. The van der Waals surface area contributed by atoms with Crippen LogP contribution in [-0.4, -0.2) is 33.9 Å². The topological polar surface area (TPSA) is 118 Å². The number of aromatic nitrogens is 3. The van der Waals surface area contributed by atoms with Gasteiger partial charge in [0.2, 0.25) is 0 Å². The van der Waals surface area contributed by atoms with E-state index in [9.17, 15) is 4.79 Å². The van der Waals surface area contributed by atoms with E-state index in [1.807, 2.05) is 49.4 Å². The van der Waals surface area contributed by atoms with Gasteiger partial charge in [0.15, 0.2) is 5.82 Å². The second-order valence-electron chi connectivity index (χ2n) is 6.42. The van der Waals surface area contributed by atoms with Crippen LogP contribution >= 0.6 is 0 Å². The lowest BCUT2D eigenvalue weighted by atomic mass is 10.0. The summed E-state index contributed by atoms with van der Waals surface area (Å²) in [6, 6.07) is 15.4. The SMILES string of the molecule is CCOc1ccc2ccccc2c1C=Nc1n[nH]c(Nc2cccnc2)c1C(N)=O. The van der Waals surface area contributed by atoms with Gasteiger partial charge in [0.1, 0.15) is 17.1 Å². The van der Waals surface area contributed by atoms with E-state index in [1.165, 1.54) is 0 Å². The Morgan fingerprint density at radius 3 is 2.87 bits per heavy atom. The number of primary amides is 1. The quantitative estimate of drug-likeness (QED) is 0.406. The smallest absolute Gasteiger partial charge is 0.256 e. The highest BCUT2D eigenvalue weighted by molar-refractivity contribution is 6.06. The van der Waals surface area contributed by atoms with Crippen molar-refractivity contribution in [3.63, 3.8) is 0 Å². The molecule has 0 radical (unpaired) electrons. The number of carbonyl (C=O) groups excluding carboxylic acids is 1. The Morgan fingerprint density at radius 2 is 2.10 bits per heavy atom. The van der Waals surface area contributed by atoms with Crippen molar-refractivity contribution in [2.45, 2.75) is 6.92 Å². The molecule has 8 heteroatoms. The molecule has 0 aliphatic heterocycles. The maximum Gasteiger partial charge on any atom is 0.256 e. The van der Waals surface area contributed by atoms with Crippen molar-refractivity contribution in [1.29, 1.82) is 0 Å². The average Bonchev–Trinajstić information content (AvgIpc) is 3.16. The molecule has 2 aromatic heterocycles. The zero-order chi connectivity index (χ0) is 20.9. The molecule has 0 atom stereocenters. The van der Waals surface area contributed by atoms with Gasteiger partial charge in [-0.2, -0.15) is 5.10 Å². The number of amides is 1. The number of pyridine rings is 1. The van der Waals surface area contributed by atoms with Crippen molar-refractivity contribution in [3.05, 3.63) is 72.1 Å². The maximum atomic E-state index is 12.1. The van der Waals surface area contributed by atoms with Gasteiger partial charge in [-0.05, 0) is 35.9 Å². The van der Waals surface area contributed by atoms with Crippen molar-refractivity contribution in [3.8, 4) is 5.75 Å². The van der Waals surface area contributed by atoms with E-state index < -0.39 is 5.91 Å². The Balaban J connectivity index is 1.74. The molecule has 0 fully saturated rings. The Labute approximate surface area is 172 Å². The largest absolute Gasteiger partial charge is 0.493 e. The van der Waals surface area contributed by atoms with Crippen molar-refractivity contribution in [2.75, 3.05) is 11.9 Å². The van der Waals surface area contributed by atoms with Crippen molar-refractivity contribution >= 4 is 40.2 Å². The number of carbonyl (C=O) groups is 1. The summed E-state index contributed by atoms with van der Waals surface area (Å²) in [4.78, 5) is 20.6. The van der Waals surface area contributed by atoms with Crippen LogP contribution in [-0.2, 0) is 0 Å². The van der Waals surface area contributed by atoms with Crippen molar-refractivity contribution in [1.82, 2.24) is 15.2 Å². The van der Waals surface area contributed by atoms with Gasteiger partial charge in [-0.3, -0.25) is 14.9 Å². The minimum Gasteiger partial charge on any atom is -0.493 e. The Morgan fingerprint density at radius 1 is 1.23 bits per heavy atom. The Bertz CT molecular complexity index is 1220. The highest BCUT2D eigenvalue weighted by Gasteiger charge is 2.18. The van der Waals surface area contributed by atoms with Crippen LogP contribution in [0.2, 0.25) is 0 Å². The summed E-state index contributed by atoms with van der Waals surface area (Å²) in [5, 5.41) is 12.0. The number of hydrogen-bond donors (Lipinski definition) is 3. The summed E-state index contributed by atoms with van der Waals surface area (Å²) in [6.45, 7) is 2.44. The highest BCUT2D eigenvalue weighted by atomic mass is 16.5. The summed E-state index contributed by atoms with van der Waals surface area (Å²) in [5.41, 5.74) is 7.25. The fourth-order valence-electron chi connectivity index (χ4n) is 3.15. The first-order valence-corrected chi connectivity index (χ1v) is 9.41. The summed E-state index contributed by atoms with van der Waals surface area (Å²) >= 11 is 0. The minimum atomic E-state index is -0.648. The lowest BCUT2D eigenvalue weighted by Gasteiger charge is -2.10. The zero-order valence-electron chi connectivity index (χ0n) is 16.3. The number of fused-ring (bicyclic) bond motifs is 1. The molecular formula is C22H20N6O2. The molecule has 0 saturated heterocycles. The lowest BCUT2D eigenvalue weighted by Crippen LogP contribution is -2.12. The molecule has 0 aliphatic carbocycles. The summed E-state index contributed by atoms with van der Waals surface area (Å²) < 4.78 is 5.77. The van der Waals surface area contributed by atoms with Crippen LogP contribution in [0.5, 0.6) is 5.75 Å². The average molecular weight is 400 g/mol. The standard InChI is InChI=1S/C22H20N6O2/c1-2-30-18-10-9-14-6-3-4-8-16(14)17(18)13-25-21-19(20(23)29)22(28-27-21)26-15-7-5-11-24-12-15/h3-13H,2H2,1H3,(H2,23,29)(H2,26,27,28). The molecule has 0 spiro atoms. The third-order valence-corrected chi connectivity index (χ3v) is 4.47. The lowest BCUT2D eigenvalue weighted by molar-refractivity contribution is 0.100. The molecule has 0 bridgehead atoms. The van der Waals surface area contributed by atoms with Crippen molar-refractivity contribution in [2.24, 2.45) is 10.7 Å². The van der Waals surface area contributed by atoms with Crippen LogP contribution in [0.1, 0.15) is 22.8 Å². The van der Waals surface area contributed by atoms with E-state index in [0.717, 1.165) is 16.3 Å². The number of nitrogens with one attached hydrogen (secondary N) is 2. The summed E-state index contributed by atoms with van der Waals surface area (Å²) in [7, 11) is 0. The third kappa shape index (κ3) is 3.83. The van der Waals surface area contributed by atoms with Crippen LogP contribution in [0.4, 0.5) is 17.3 Å².